The Morgan fingerprint density at radius 2 is 2.31 bits per heavy atom. The van der Waals surface area contributed by atoms with Crippen molar-refractivity contribution in [3.8, 4) is 5.75 Å². The molecule has 16 heavy (non-hydrogen) atoms. The molecule has 0 spiro atoms. The van der Waals surface area contributed by atoms with Gasteiger partial charge in [-0.05, 0) is 32.0 Å². The van der Waals surface area contributed by atoms with Crippen LogP contribution in [0.4, 0.5) is 0 Å². The summed E-state index contributed by atoms with van der Waals surface area (Å²) < 4.78 is 5.24. The second kappa shape index (κ2) is 6.61. The van der Waals surface area contributed by atoms with E-state index in [9.17, 15) is 4.79 Å². The predicted octanol–water partition coefficient (Wildman–Crippen LogP) is 1.86. The van der Waals surface area contributed by atoms with Crippen LogP contribution in [0.3, 0.4) is 0 Å². The van der Waals surface area contributed by atoms with Crippen LogP contribution in [-0.2, 0) is 0 Å². The van der Waals surface area contributed by atoms with Crippen LogP contribution in [0.15, 0.2) is 29.3 Å². The number of carbonyl (C=O) groups excluding carboxylic acids is 1. The van der Waals surface area contributed by atoms with Crippen molar-refractivity contribution in [2.24, 2.45) is 4.99 Å². The first kappa shape index (κ1) is 12.2. The number of ether oxygens (including phenoxy) is 1. The second-order valence-electron chi connectivity index (χ2n) is 3.11. The molecular formula is C12H16N2O2. The van der Waals surface area contributed by atoms with Crippen LogP contribution >= 0.6 is 0 Å². The van der Waals surface area contributed by atoms with Crippen molar-refractivity contribution in [2.75, 3.05) is 13.1 Å². The van der Waals surface area contributed by atoms with Gasteiger partial charge in [0.2, 0.25) is 0 Å². The Bertz CT molecular complexity index is 375. The molecule has 0 saturated carbocycles. The van der Waals surface area contributed by atoms with Crippen LogP contribution in [0.2, 0.25) is 0 Å². The number of benzene rings is 1. The molecule has 0 aliphatic rings. The van der Waals surface area contributed by atoms with E-state index < -0.39 is 0 Å². The molecule has 0 saturated heterocycles. The Balaban J connectivity index is 2.70. The summed E-state index contributed by atoms with van der Waals surface area (Å²) >= 11 is 0. The zero-order chi connectivity index (χ0) is 11.8. The molecule has 86 valence electrons. The molecule has 1 rings (SSSR count). The van der Waals surface area contributed by atoms with Gasteiger partial charge in [-0.3, -0.25) is 9.79 Å². The lowest BCUT2D eigenvalue weighted by atomic mass is 10.2. The molecule has 0 aromatic heterocycles. The molecule has 0 unspecified atom stereocenters. The van der Waals surface area contributed by atoms with Crippen molar-refractivity contribution < 1.29 is 9.53 Å². The minimum absolute atomic E-state index is 0.0969. The smallest absolute Gasteiger partial charge is 0.251 e. The second-order valence-corrected chi connectivity index (χ2v) is 3.11. The number of nitrogens with zero attached hydrogens (tertiary/aromatic N) is 1. The highest BCUT2D eigenvalue weighted by Crippen LogP contribution is 2.12. The summed E-state index contributed by atoms with van der Waals surface area (Å²) in [5, 5.41) is 2.73. The number of hydrogen-bond acceptors (Lipinski definition) is 3. The van der Waals surface area contributed by atoms with Crippen molar-refractivity contribution in [3.05, 3.63) is 29.8 Å². The molecule has 1 aromatic rings. The lowest BCUT2D eigenvalue weighted by Crippen LogP contribution is -2.22. The zero-order valence-corrected chi connectivity index (χ0v) is 9.56. The van der Waals surface area contributed by atoms with Crippen LogP contribution < -0.4 is 10.1 Å². The lowest BCUT2D eigenvalue weighted by Gasteiger charge is -2.04. The normalized spacial score (nSPS) is 10.4. The fourth-order valence-corrected chi connectivity index (χ4v) is 1.15. The minimum atomic E-state index is -0.0969. The molecule has 0 fully saturated rings. The van der Waals surface area contributed by atoms with Crippen LogP contribution in [0.1, 0.15) is 24.2 Å². The number of nitrogens with one attached hydrogen (secondary N) is 1. The number of hydrogen-bond donors (Lipinski definition) is 1. The van der Waals surface area contributed by atoms with Crippen molar-refractivity contribution in [3.63, 3.8) is 0 Å². The Labute approximate surface area is 95.3 Å². The average molecular weight is 220 g/mol. The molecule has 0 aliphatic carbocycles. The topological polar surface area (TPSA) is 50.7 Å². The fourth-order valence-electron chi connectivity index (χ4n) is 1.15. The van der Waals surface area contributed by atoms with Gasteiger partial charge in [-0.2, -0.15) is 0 Å². The predicted molar refractivity (Wildman–Crippen MR) is 64.1 cm³/mol. The maximum absolute atomic E-state index is 11.5. The largest absolute Gasteiger partial charge is 0.446 e. The minimum Gasteiger partial charge on any atom is -0.446 e. The van der Waals surface area contributed by atoms with Crippen LogP contribution in [0.25, 0.3) is 0 Å². The number of carbonyl (C=O) groups is 1. The van der Waals surface area contributed by atoms with E-state index in [0.717, 1.165) is 0 Å². The van der Waals surface area contributed by atoms with E-state index >= 15 is 0 Å². The van der Waals surface area contributed by atoms with Gasteiger partial charge in [-0.15, -0.1) is 0 Å². The molecule has 0 radical (unpaired) electrons. The van der Waals surface area contributed by atoms with E-state index in [1.807, 2.05) is 13.8 Å². The maximum atomic E-state index is 11.5. The third kappa shape index (κ3) is 3.73. The third-order valence-corrected chi connectivity index (χ3v) is 1.88. The summed E-state index contributed by atoms with van der Waals surface area (Å²) in [5.41, 5.74) is 0.587. The number of rotatable bonds is 5. The van der Waals surface area contributed by atoms with E-state index in [4.69, 9.17) is 4.74 Å². The standard InChI is InChI=1S/C12H16N2O2/c1-3-13-9-16-11-7-5-6-10(8-11)12(15)14-4-2/h5-9H,3-4H2,1-2H3,(H,14,15). The Morgan fingerprint density at radius 1 is 1.50 bits per heavy atom. The van der Waals surface area contributed by atoms with Gasteiger partial charge >= 0.3 is 0 Å². The summed E-state index contributed by atoms with van der Waals surface area (Å²) in [6.07, 6.45) is 1.39. The number of amides is 1. The van der Waals surface area contributed by atoms with Gasteiger partial charge in [-0.1, -0.05) is 6.07 Å². The summed E-state index contributed by atoms with van der Waals surface area (Å²) in [4.78, 5) is 15.5. The summed E-state index contributed by atoms with van der Waals surface area (Å²) in [6, 6.07) is 6.99. The maximum Gasteiger partial charge on any atom is 0.251 e. The highest BCUT2D eigenvalue weighted by molar-refractivity contribution is 5.94. The van der Waals surface area contributed by atoms with E-state index in [0.29, 0.717) is 24.4 Å². The van der Waals surface area contributed by atoms with Gasteiger partial charge in [0.1, 0.15) is 5.75 Å². The summed E-state index contributed by atoms with van der Waals surface area (Å²) in [6.45, 7) is 5.09. The molecule has 0 bridgehead atoms. The van der Waals surface area contributed by atoms with E-state index in [2.05, 4.69) is 10.3 Å². The third-order valence-electron chi connectivity index (χ3n) is 1.88. The molecule has 1 amide bonds. The highest BCUT2D eigenvalue weighted by atomic mass is 16.5. The van der Waals surface area contributed by atoms with Crippen molar-refractivity contribution in [1.29, 1.82) is 0 Å². The van der Waals surface area contributed by atoms with Crippen molar-refractivity contribution >= 4 is 12.3 Å². The Kier molecular flexibility index (Phi) is 5.05. The lowest BCUT2D eigenvalue weighted by molar-refractivity contribution is 0.0955. The average Bonchev–Trinajstić information content (AvgIpc) is 2.30. The Morgan fingerprint density at radius 3 is 3.00 bits per heavy atom. The van der Waals surface area contributed by atoms with Gasteiger partial charge in [0.25, 0.3) is 5.91 Å². The zero-order valence-electron chi connectivity index (χ0n) is 9.56. The highest BCUT2D eigenvalue weighted by Gasteiger charge is 2.04. The van der Waals surface area contributed by atoms with Crippen LogP contribution in [0, 0.1) is 0 Å². The molecule has 1 aromatic carbocycles. The van der Waals surface area contributed by atoms with Crippen molar-refractivity contribution in [1.82, 2.24) is 5.32 Å². The van der Waals surface area contributed by atoms with Gasteiger partial charge in [-0.25, -0.2) is 0 Å². The summed E-state index contributed by atoms with van der Waals surface area (Å²) in [5.74, 6) is 0.515. The molecule has 4 heteroatoms. The quantitative estimate of drug-likeness (QED) is 0.608. The van der Waals surface area contributed by atoms with Crippen LogP contribution in [-0.4, -0.2) is 25.4 Å². The molecular weight excluding hydrogens is 204 g/mol. The monoisotopic (exact) mass is 220 g/mol. The number of aliphatic imine (C=N–C) groups is 1. The van der Waals surface area contributed by atoms with Gasteiger partial charge in [0.15, 0.2) is 6.40 Å². The van der Waals surface area contributed by atoms with E-state index in [1.165, 1.54) is 6.40 Å². The first-order valence-electron chi connectivity index (χ1n) is 5.31. The molecule has 0 atom stereocenters. The SMILES string of the molecule is CCN=COc1cccc(C(=O)NCC)c1. The van der Waals surface area contributed by atoms with Gasteiger partial charge < -0.3 is 10.1 Å². The fraction of sp³-hybridized carbons (Fsp3) is 0.333. The first-order chi connectivity index (χ1) is 7.77. The van der Waals surface area contributed by atoms with Gasteiger partial charge in [0.05, 0.1) is 0 Å². The summed E-state index contributed by atoms with van der Waals surface area (Å²) in [7, 11) is 0. The molecule has 4 nitrogen and oxygen atoms in total. The molecule has 1 N–H and O–H groups in total. The van der Waals surface area contributed by atoms with E-state index in [1.54, 1.807) is 24.3 Å². The molecule has 0 heterocycles. The van der Waals surface area contributed by atoms with Crippen molar-refractivity contribution in [2.45, 2.75) is 13.8 Å². The first-order valence-corrected chi connectivity index (χ1v) is 5.31. The Hall–Kier alpha value is -1.84. The van der Waals surface area contributed by atoms with Gasteiger partial charge in [0, 0.05) is 18.7 Å². The molecule has 0 aliphatic heterocycles. The van der Waals surface area contributed by atoms with Crippen LogP contribution in [0.5, 0.6) is 5.75 Å². The van der Waals surface area contributed by atoms with E-state index in [-0.39, 0.29) is 5.91 Å².